The van der Waals surface area contributed by atoms with Crippen molar-refractivity contribution in [2.24, 2.45) is 0 Å². The minimum absolute atomic E-state index is 0.0241. The third kappa shape index (κ3) is 5.50. The molecule has 1 amide bonds. The molecule has 0 fully saturated rings. The van der Waals surface area contributed by atoms with E-state index in [4.69, 9.17) is 21.2 Å². The topological polar surface area (TPSA) is 59.6 Å². The van der Waals surface area contributed by atoms with Crippen molar-refractivity contribution >= 4 is 51.5 Å². The predicted molar refractivity (Wildman–Crippen MR) is 103 cm³/mol. The van der Waals surface area contributed by atoms with Crippen LogP contribution in [0.5, 0.6) is 0 Å². The number of benzene rings is 2. The van der Waals surface area contributed by atoms with Crippen LogP contribution in [0.15, 0.2) is 37.1 Å². The number of rotatable bonds is 8. The Kier molecular flexibility index (Phi) is 7.75. The maximum absolute atomic E-state index is 14.4. The van der Waals surface area contributed by atoms with Crippen molar-refractivity contribution in [2.75, 3.05) is 18.5 Å². The van der Waals surface area contributed by atoms with Crippen molar-refractivity contribution in [2.45, 2.75) is 0 Å². The molecule has 0 unspecified atom stereocenters. The summed E-state index contributed by atoms with van der Waals surface area (Å²) in [5.74, 6) is -4.42. The fraction of sp³-hybridized carbons (Fsp3) is 0.118. The van der Waals surface area contributed by atoms with Gasteiger partial charge in [0.05, 0.1) is 28.2 Å². The molecule has 0 aliphatic heterocycles. The lowest BCUT2D eigenvalue weighted by Crippen LogP contribution is -2.26. The maximum atomic E-state index is 14.4. The minimum atomic E-state index is -1.43. The van der Waals surface area contributed by atoms with E-state index in [9.17, 15) is 18.0 Å². The smallest absolute Gasteiger partial charge is 0.277 e. The Balaban J connectivity index is 2.30. The van der Waals surface area contributed by atoms with Crippen LogP contribution in [0.2, 0.25) is 5.02 Å². The molecule has 2 aromatic carbocycles. The lowest BCUT2D eigenvalue weighted by molar-refractivity contribution is 0.0145. The molecule has 0 bridgehead atoms. The Hall–Kier alpha value is -1.98. The zero-order valence-electron chi connectivity index (χ0n) is 13.6. The van der Waals surface area contributed by atoms with Gasteiger partial charge in [0.2, 0.25) is 0 Å². The third-order valence-corrected chi connectivity index (χ3v) is 4.13. The normalized spacial score (nSPS) is 10.4. The molecular formula is C17H13ClF3IN2O3. The highest BCUT2D eigenvalue weighted by Crippen LogP contribution is 2.32. The summed E-state index contributed by atoms with van der Waals surface area (Å²) in [4.78, 5) is 17.1. The van der Waals surface area contributed by atoms with Gasteiger partial charge in [-0.15, -0.1) is 0 Å². The number of hydroxylamine groups is 1. The Labute approximate surface area is 171 Å². The Morgan fingerprint density at radius 3 is 2.63 bits per heavy atom. The minimum Gasteiger partial charge on any atom is -0.499 e. The maximum Gasteiger partial charge on any atom is 0.277 e. The van der Waals surface area contributed by atoms with Crippen molar-refractivity contribution in [1.82, 2.24) is 5.48 Å². The molecule has 0 saturated carbocycles. The van der Waals surface area contributed by atoms with E-state index in [0.29, 0.717) is 3.57 Å². The molecule has 0 aliphatic carbocycles. The van der Waals surface area contributed by atoms with Crippen molar-refractivity contribution in [3.63, 3.8) is 0 Å². The fourth-order valence-corrected chi connectivity index (χ4v) is 2.61. The van der Waals surface area contributed by atoms with Gasteiger partial charge in [-0.25, -0.2) is 18.7 Å². The van der Waals surface area contributed by atoms with E-state index in [1.807, 2.05) is 28.1 Å². The summed E-state index contributed by atoms with van der Waals surface area (Å²) in [6, 6.07) is 4.98. The second kappa shape index (κ2) is 9.81. The van der Waals surface area contributed by atoms with E-state index in [-0.39, 0.29) is 24.5 Å². The molecule has 2 rings (SSSR count). The van der Waals surface area contributed by atoms with E-state index in [2.05, 4.69) is 11.9 Å². The molecule has 0 atom stereocenters. The van der Waals surface area contributed by atoms with Crippen LogP contribution >= 0.6 is 34.2 Å². The van der Waals surface area contributed by atoms with E-state index in [0.717, 1.165) is 6.07 Å². The molecule has 0 saturated heterocycles. The van der Waals surface area contributed by atoms with E-state index < -0.39 is 34.1 Å². The van der Waals surface area contributed by atoms with Crippen LogP contribution in [0.25, 0.3) is 0 Å². The summed E-state index contributed by atoms with van der Waals surface area (Å²) >= 11 is 7.52. The van der Waals surface area contributed by atoms with Crippen molar-refractivity contribution in [3.8, 4) is 0 Å². The van der Waals surface area contributed by atoms with Crippen molar-refractivity contribution in [3.05, 3.63) is 68.7 Å². The van der Waals surface area contributed by atoms with Gasteiger partial charge >= 0.3 is 0 Å². The first-order valence-electron chi connectivity index (χ1n) is 7.39. The lowest BCUT2D eigenvalue weighted by atomic mass is 10.1. The van der Waals surface area contributed by atoms with Gasteiger partial charge < -0.3 is 10.1 Å². The highest BCUT2D eigenvalue weighted by Gasteiger charge is 2.23. The van der Waals surface area contributed by atoms with Gasteiger partial charge in [0.15, 0.2) is 11.6 Å². The Morgan fingerprint density at radius 2 is 1.96 bits per heavy atom. The third-order valence-electron chi connectivity index (χ3n) is 3.18. The number of ether oxygens (including phenoxy) is 1. The first-order valence-corrected chi connectivity index (χ1v) is 8.85. The predicted octanol–water partition coefficient (Wildman–Crippen LogP) is 4.93. The molecular weight excluding hydrogens is 500 g/mol. The monoisotopic (exact) mass is 512 g/mol. The van der Waals surface area contributed by atoms with E-state index in [1.54, 1.807) is 6.07 Å². The van der Waals surface area contributed by atoms with Crippen molar-refractivity contribution in [1.29, 1.82) is 0 Å². The van der Waals surface area contributed by atoms with Crippen LogP contribution in [0.4, 0.5) is 24.5 Å². The fourth-order valence-electron chi connectivity index (χ4n) is 1.97. The molecule has 5 nitrogen and oxygen atoms in total. The SMILES string of the molecule is C=COCCONC(=O)c1cc(Cl)c(F)c(F)c1Nc1ccc(I)cc1F. The quantitative estimate of drug-likeness (QED) is 0.173. The average molecular weight is 513 g/mol. The molecule has 27 heavy (non-hydrogen) atoms. The molecule has 0 spiro atoms. The van der Waals surface area contributed by atoms with Crippen LogP contribution in [0.1, 0.15) is 10.4 Å². The van der Waals surface area contributed by atoms with Crippen LogP contribution in [-0.2, 0) is 9.57 Å². The number of anilines is 2. The second-order valence-electron chi connectivity index (χ2n) is 4.98. The number of hydrogen-bond acceptors (Lipinski definition) is 4. The highest BCUT2D eigenvalue weighted by atomic mass is 127. The van der Waals surface area contributed by atoms with Crippen LogP contribution in [-0.4, -0.2) is 19.1 Å². The molecule has 2 N–H and O–H groups in total. The zero-order chi connectivity index (χ0) is 20.0. The van der Waals surface area contributed by atoms with Gasteiger partial charge in [-0.05, 0) is 46.9 Å². The molecule has 0 aromatic heterocycles. The highest BCUT2D eigenvalue weighted by molar-refractivity contribution is 14.1. The number of amides is 1. The standard InChI is InChI=1S/C17H13ClF3IN2O3/c1-2-26-5-6-27-24-17(25)10-8-11(18)14(20)15(21)16(10)23-13-4-3-9(22)7-12(13)19/h2-4,7-8,23H,1,5-6H2,(H,24,25). The van der Waals surface area contributed by atoms with Gasteiger partial charge in [-0.3, -0.25) is 9.63 Å². The Morgan fingerprint density at radius 1 is 1.22 bits per heavy atom. The number of halogens is 5. The van der Waals surface area contributed by atoms with Crippen LogP contribution in [0.3, 0.4) is 0 Å². The molecule has 0 radical (unpaired) electrons. The summed E-state index contributed by atoms with van der Waals surface area (Å²) < 4.78 is 47.7. The zero-order valence-corrected chi connectivity index (χ0v) is 16.5. The van der Waals surface area contributed by atoms with Gasteiger partial charge in [-0.1, -0.05) is 18.2 Å². The molecule has 0 heterocycles. The van der Waals surface area contributed by atoms with Crippen LogP contribution in [0, 0.1) is 21.0 Å². The average Bonchev–Trinajstić information content (AvgIpc) is 2.63. The summed E-state index contributed by atoms with van der Waals surface area (Å²) in [6.45, 7) is 3.42. The van der Waals surface area contributed by atoms with E-state index in [1.165, 1.54) is 18.4 Å². The summed E-state index contributed by atoms with van der Waals surface area (Å²) in [7, 11) is 0. The van der Waals surface area contributed by atoms with Gasteiger partial charge in [0, 0.05) is 3.57 Å². The Bertz CT molecular complexity index is 868. The van der Waals surface area contributed by atoms with E-state index >= 15 is 0 Å². The molecule has 0 aliphatic rings. The number of nitrogens with one attached hydrogen (secondary N) is 2. The summed E-state index contributed by atoms with van der Waals surface area (Å²) in [5, 5.41) is 1.78. The summed E-state index contributed by atoms with van der Waals surface area (Å²) in [5.41, 5.74) is 0.941. The largest absolute Gasteiger partial charge is 0.499 e. The lowest BCUT2D eigenvalue weighted by Gasteiger charge is -2.15. The van der Waals surface area contributed by atoms with Gasteiger partial charge in [0.1, 0.15) is 19.0 Å². The van der Waals surface area contributed by atoms with Gasteiger partial charge in [-0.2, -0.15) is 0 Å². The molecule has 144 valence electrons. The number of carbonyl (C=O) groups is 1. The molecule has 2 aromatic rings. The second-order valence-corrected chi connectivity index (χ2v) is 6.63. The number of carbonyl (C=O) groups excluding carboxylic acids is 1. The molecule has 10 heteroatoms. The first kappa shape index (κ1) is 21.3. The number of hydrogen-bond donors (Lipinski definition) is 2. The van der Waals surface area contributed by atoms with Crippen molar-refractivity contribution < 1.29 is 27.5 Å². The van der Waals surface area contributed by atoms with Crippen LogP contribution < -0.4 is 10.8 Å². The van der Waals surface area contributed by atoms with Gasteiger partial charge in [0.25, 0.3) is 5.91 Å². The first-order chi connectivity index (χ1) is 12.8. The summed E-state index contributed by atoms with van der Waals surface area (Å²) in [6.07, 6.45) is 1.19.